The van der Waals surface area contributed by atoms with Crippen molar-refractivity contribution in [2.24, 2.45) is 0 Å². The maximum absolute atomic E-state index is 12.8. The zero-order valence-electron chi connectivity index (χ0n) is 15.4. The van der Waals surface area contributed by atoms with Gasteiger partial charge >= 0.3 is 18.3 Å². The highest BCUT2D eigenvalue weighted by Crippen LogP contribution is 2.38. The Morgan fingerprint density at radius 1 is 1.00 bits per heavy atom. The quantitative estimate of drug-likeness (QED) is 0.653. The molecule has 2 heterocycles. The molecule has 0 atom stereocenters. The number of hydrogen-bond donors (Lipinski definition) is 1. The van der Waals surface area contributed by atoms with E-state index in [0.29, 0.717) is 18.8 Å². The molecule has 2 aromatic carbocycles. The lowest BCUT2D eigenvalue weighted by atomic mass is 10.1. The van der Waals surface area contributed by atoms with Crippen LogP contribution < -0.4 is 14.5 Å². The number of hydrogen-bond acceptors (Lipinski definition) is 5. The SMILES string of the molecule is O=C(O)N1CCN(c2ccc(Oc3nccc(C(F)(F)F)n3)cc2)c2ccccc21. The van der Waals surface area contributed by atoms with Crippen LogP contribution in [0.2, 0.25) is 0 Å². The van der Waals surface area contributed by atoms with Gasteiger partial charge in [-0.15, -0.1) is 0 Å². The number of aromatic nitrogens is 2. The standard InChI is InChI=1S/C20H15F3N4O3/c21-20(22,23)17-9-10-24-18(25-17)30-14-7-5-13(6-8-14)26-11-12-27(19(28)29)16-4-2-1-3-15(16)26/h1-10H,11-12H2,(H,28,29). The summed E-state index contributed by atoms with van der Waals surface area (Å²) in [5.41, 5.74) is 1.01. The number of carbonyl (C=O) groups is 1. The van der Waals surface area contributed by atoms with E-state index in [4.69, 9.17) is 4.74 Å². The van der Waals surface area contributed by atoms with E-state index in [1.165, 1.54) is 4.90 Å². The number of halogens is 3. The van der Waals surface area contributed by atoms with Crippen molar-refractivity contribution < 1.29 is 27.8 Å². The van der Waals surface area contributed by atoms with Crippen LogP contribution in [0, 0.1) is 0 Å². The van der Waals surface area contributed by atoms with Crippen molar-refractivity contribution in [2.75, 3.05) is 22.9 Å². The minimum atomic E-state index is -4.59. The first-order valence-corrected chi connectivity index (χ1v) is 8.88. The average Bonchev–Trinajstić information content (AvgIpc) is 2.73. The summed E-state index contributed by atoms with van der Waals surface area (Å²) < 4.78 is 43.7. The summed E-state index contributed by atoms with van der Waals surface area (Å²) in [5.74, 6) is 0.274. The van der Waals surface area contributed by atoms with E-state index < -0.39 is 24.0 Å². The maximum Gasteiger partial charge on any atom is 0.433 e. The van der Waals surface area contributed by atoms with Gasteiger partial charge < -0.3 is 14.7 Å². The molecule has 4 rings (SSSR count). The molecule has 0 radical (unpaired) electrons. The molecule has 1 aliphatic rings. The molecular formula is C20H15F3N4O3. The number of amides is 1. The van der Waals surface area contributed by atoms with E-state index in [1.54, 1.807) is 36.4 Å². The molecule has 10 heteroatoms. The first kappa shape index (κ1) is 19.5. The lowest BCUT2D eigenvalue weighted by Crippen LogP contribution is -2.41. The Bertz CT molecular complexity index is 1070. The first-order chi connectivity index (χ1) is 14.3. The Labute approximate surface area is 169 Å². The van der Waals surface area contributed by atoms with Gasteiger partial charge in [0, 0.05) is 25.0 Å². The molecular weight excluding hydrogens is 401 g/mol. The summed E-state index contributed by atoms with van der Waals surface area (Å²) in [7, 11) is 0. The van der Waals surface area contributed by atoms with Crippen LogP contribution in [0.4, 0.5) is 35.0 Å². The molecule has 0 bridgehead atoms. The van der Waals surface area contributed by atoms with Crippen LogP contribution in [0.3, 0.4) is 0 Å². The minimum Gasteiger partial charge on any atom is -0.465 e. The number of benzene rings is 2. The summed E-state index contributed by atoms with van der Waals surface area (Å²) in [6.45, 7) is 0.739. The van der Waals surface area contributed by atoms with Crippen LogP contribution in [-0.4, -0.2) is 34.3 Å². The number of fused-ring (bicyclic) bond motifs is 1. The third kappa shape index (κ3) is 3.84. The average molecular weight is 416 g/mol. The molecule has 0 fully saturated rings. The van der Waals surface area contributed by atoms with Crippen LogP contribution in [-0.2, 0) is 6.18 Å². The fourth-order valence-corrected chi connectivity index (χ4v) is 3.18. The summed E-state index contributed by atoms with van der Waals surface area (Å²) in [6, 6.07) is 14.2. The van der Waals surface area contributed by atoms with E-state index in [1.807, 2.05) is 17.0 Å². The maximum atomic E-state index is 12.8. The topological polar surface area (TPSA) is 78.8 Å². The molecule has 7 nitrogen and oxygen atoms in total. The van der Waals surface area contributed by atoms with E-state index in [9.17, 15) is 23.1 Å². The van der Waals surface area contributed by atoms with Crippen molar-refractivity contribution in [1.82, 2.24) is 9.97 Å². The molecule has 0 saturated heterocycles. The molecule has 30 heavy (non-hydrogen) atoms. The fourth-order valence-electron chi connectivity index (χ4n) is 3.18. The molecule has 1 aliphatic heterocycles. The van der Waals surface area contributed by atoms with Crippen LogP contribution in [0.5, 0.6) is 11.8 Å². The van der Waals surface area contributed by atoms with Crippen molar-refractivity contribution in [2.45, 2.75) is 6.18 Å². The second kappa shape index (κ2) is 7.54. The lowest BCUT2D eigenvalue weighted by molar-refractivity contribution is -0.141. The second-order valence-electron chi connectivity index (χ2n) is 6.39. The molecule has 1 aromatic heterocycles. The number of alkyl halides is 3. The number of nitrogens with zero attached hydrogens (tertiary/aromatic N) is 4. The van der Waals surface area contributed by atoms with Gasteiger partial charge in [-0.2, -0.15) is 18.2 Å². The molecule has 1 N–H and O–H groups in total. The van der Waals surface area contributed by atoms with Crippen molar-refractivity contribution in [3.63, 3.8) is 0 Å². The van der Waals surface area contributed by atoms with Gasteiger partial charge in [0.1, 0.15) is 5.75 Å². The zero-order chi connectivity index (χ0) is 21.3. The van der Waals surface area contributed by atoms with Crippen LogP contribution in [0.1, 0.15) is 5.69 Å². The highest BCUT2D eigenvalue weighted by Gasteiger charge is 2.33. The van der Waals surface area contributed by atoms with Gasteiger partial charge in [0.2, 0.25) is 0 Å². The van der Waals surface area contributed by atoms with E-state index in [-0.39, 0.29) is 5.75 Å². The molecule has 0 aliphatic carbocycles. The van der Waals surface area contributed by atoms with Crippen molar-refractivity contribution in [3.05, 3.63) is 66.5 Å². The summed E-state index contributed by atoms with van der Waals surface area (Å²) in [5, 5.41) is 9.40. The number of rotatable bonds is 3. The lowest BCUT2D eigenvalue weighted by Gasteiger charge is -2.36. The predicted molar refractivity (Wildman–Crippen MR) is 102 cm³/mol. The Kier molecular flexibility index (Phi) is 4.90. The highest BCUT2D eigenvalue weighted by molar-refractivity contribution is 5.94. The monoisotopic (exact) mass is 416 g/mol. The van der Waals surface area contributed by atoms with Gasteiger partial charge in [0.25, 0.3) is 0 Å². The summed E-state index contributed by atoms with van der Waals surface area (Å²) in [4.78, 5) is 21.8. The third-order valence-corrected chi connectivity index (χ3v) is 4.52. The van der Waals surface area contributed by atoms with Gasteiger partial charge in [-0.05, 0) is 42.5 Å². The minimum absolute atomic E-state index is 0.274. The van der Waals surface area contributed by atoms with Gasteiger partial charge in [0.05, 0.1) is 11.4 Å². The molecule has 0 saturated carbocycles. The Balaban J connectivity index is 1.56. The van der Waals surface area contributed by atoms with E-state index >= 15 is 0 Å². The summed E-state index contributed by atoms with van der Waals surface area (Å²) >= 11 is 0. The molecule has 1 amide bonds. The largest absolute Gasteiger partial charge is 0.465 e. The van der Waals surface area contributed by atoms with Crippen molar-refractivity contribution in [3.8, 4) is 11.8 Å². The van der Waals surface area contributed by atoms with Crippen LogP contribution >= 0.6 is 0 Å². The predicted octanol–water partition coefficient (Wildman–Crippen LogP) is 4.92. The van der Waals surface area contributed by atoms with Crippen molar-refractivity contribution >= 4 is 23.2 Å². The normalized spacial score (nSPS) is 13.7. The Hall–Kier alpha value is -3.82. The Morgan fingerprint density at radius 3 is 2.37 bits per heavy atom. The fraction of sp³-hybridized carbons (Fsp3) is 0.150. The van der Waals surface area contributed by atoms with Gasteiger partial charge in [0.15, 0.2) is 5.69 Å². The highest BCUT2D eigenvalue weighted by atomic mass is 19.4. The zero-order valence-corrected chi connectivity index (χ0v) is 15.4. The molecule has 0 spiro atoms. The summed E-state index contributed by atoms with van der Waals surface area (Å²) in [6.07, 6.45) is -4.62. The molecule has 154 valence electrons. The first-order valence-electron chi connectivity index (χ1n) is 8.88. The van der Waals surface area contributed by atoms with Crippen molar-refractivity contribution in [1.29, 1.82) is 0 Å². The van der Waals surface area contributed by atoms with Crippen LogP contribution in [0.15, 0.2) is 60.8 Å². The smallest absolute Gasteiger partial charge is 0.433 e. The number of anilines is 3. The molecule has 3 aromatic rings. The number of ether oxygens (including phenoxy) is 1. The van der Waals surface area contributed by atoms with Gasteiger partial charge in [-0.25, -0.2) is 9.78 Å². The van der Waals surface area contributed by atoms with E-state index in [0.717, 1.165) is 23.6 Å². The second-order valence-corrected chi connectivity index (χ2v) is 6.39. The van der Waals surface area contributed by atoms with E-state index in [2.05, 4.69) is 9.97 Å². The van der Waals surface area contributed by atoms with Gasteiger partial charge in [-0.1, -0.05) is 12.1 Å². The number of carboxylic acid groups (broad SMARTS) is 1. The molecule has 0 unspecified atom stereocenters. The third-order valence-electron chi connectivity index (χ3n) is 4.52. The van der Waals surface area contributed by atoms with Gasteiger partial charge in [-0.3, -0.25) is 4.90 Å². The Morgan fingerprint density at radius 2 is 1.70 bits per heavy atom. The number of para-hydroxylation sites is 2. The van der Waals surface area contributed by atoms with Crippen LogP contribution in [0.25, 0.3) is 0 Å².